The Morgan fingerprint density at radius 3 is 2.40 bits per heavy atom. The maximum Gasteiger partial charge on any atom is 0.225 e. The fourth-order valence-electron chi connectivity index (χ4n) is 2.69. The van der Waals surface area contributed by atoms with Gasteiger partial charge in [-0.1, -0.05) is 25.1 Å². The SMILES string of the molecule is CCC(=O)Nc1c(S(=O)(=O)c2ccccc2)c(C)c(C)n1CCOC. The third kappa shape index (κ3) is 3.77. The number of rotatable bonds is 7. The van der Waals surface area contributed by atoms with Crippen molar-refractivity contribution in [2.24, 2.45) is 0 Å². The zero-order chi connectivity index (χ0) is 18.6. The summed E-state index contributed by atoms with van der Waals surface area (Å²) in [5.41, 5.74) is 1.42. The Bertz CT molecular complexity index is 855. The lowest BCUT2D eigenvalue weighted by molar-refractivity contribution is -0.115. The highest BCUT2D eigenvalue weighted by Crippen LogP contribution is 2.35. The van der Waals surface area contributed by atoms with Crippen molar-refractivity contribution in [2.45, 2.75) is 43.5 Å². The molecule has 0 atom stereocenters. The Labute approximate surface area is 148 Å². The second kappa shape index (κ2) is 7.84. The number of nitrogens with zero attached hydrogens (tertiary/aromatic N) is 1. The molecule has 136 valence electrons. The Balaban J connectivity index is 2.69. The molecule has 0 aliphatic carbocycles. The molecule has 1 N–H and O–H groups in total. The van der Waals surface area contributed by atoms with Crippen LogP contribution in [0.3, 0.4) is 0 Å². The van der Waals surface area contributed by atoms with Gasteiger partial charge in [-0.2, -0.15) is 0 Å². The van der Waals surface area contributed by atoms with Crippen LogP contribution in [0.2, 0.25) is 0 Å². The number of anilines is 1. The van der Waals surface area contributed by atoms with Gasteiger partial charge < -0.3 is 14.6 Å². The predicted molar refractivity (Wildman–Crippen MR) is 96.6 cm³/mol. The number of methoxy groups -OCH3 is 1. The van der Waals surface area contributed by atoms with Crippen molar-refractivity contribution in [3.05, 3.63) is 41.6 Å². The number of sulfone groups is 1. The third-order valence-electron chi connectivity index (χ3n) is 4.19. The summed E-state index contributed by atoms with van der Waals surface area (Å²) in [6.07, 6.45) is 0.262. The van der Waals surface area contributed by atoms with E-state index in [-0.39, 0.29) is 22.1 Å². The van der Waals surface area contributed by atoms with Gasteiger partial charge in [0.1, 0.15) is 10.7 Å². The normalized spacial score (nSPS) is 11.5. The van der Waals surface area contributed by atoms with Gasteiger partial charge in [0.05, 0.1) is 11.5 Å². The number of benzene rings is 1. The molecule has 0 saturated carbocycles. The molecule has 2 aromatic rings. The Hall–Kier alpha value is -2.12. The number of nitrogens with one attached hydrogen (secondary N) is 1. The summed E-state index contributed by atoms with van der Waals surface area (Å²) in [5.74, 6) is 0.0726. The first-order valence-electron chi connectivity index (χ1n) is 8.13. The van der Waals surface area contributed by atoms with Crippen molar-refractivity contribution >= 4 is 21.6 Å². The lowest BCUT2D eigenvalue weighted by Gasteiger charge is -2.13. The van der Waals surface area contributed by atoms with Gasteiger partial charge in [0.2, 0.25) is 15.7 Å². The van der Waals surface area contributed by atoms with E-state index in [9.17, 15) is 13.2 Å². The van der Waals surface area contributed by atoms with Crippen LogP contribution in [0.1, 0.15) is 24.6 Å². The summed E-state index contributed by atoms with van der Waals surface area (Å²) in [5, 5.41) is 2.76. The fourth-order valence-corrected chi connectivity index (χ4v) is 4.41. The number of amides is 1. The van der Waals surface area contributed by atoms with Crippen LogP contribution < -0.4 is 5.32 Å². The van der Waals surface area contributed by atoms with Gasteiger partial charge in [0.15, 0.2) is 0 Å². The highest BCUT2D eigenvalue weighted by molar-refractivity contribution is 7.91. The molecule has 0 saturated heterocycles. The minimum atomic E-state index is -3.76. The summed E-state index contributed by atoms with van der Waals surface area (Å²) in [6.45, 7) is 6.19. The molecular formula is C18H24N2O4S. The first-order valence-corrected chi connectivity index (χ1v) is 9.61. The molecule has 2 rings (SSSR count). The molecule has 0 aliphatic rings. The van der Waals surface area contributed by atoms with Gasteiger partial charge in [-0.05, 0) is 31.5 Å². The molecule has 1 aromatic heterocycles. The number of carbonyl (C=O) groups is 1. The van der Waals surface area contributed by atoms with Crippen LogP contribution in [0.5, 0.6) is 0 Å². The van der Waals surface area contributed by atoms with E-state index in [1.165, 1.54) is 0 Å². The van der Waals surface area contributed by atoms with E-state index < -0.39 is 9.84 Å². The van der Waals surface area contributed by atoms with Crippen LogP contribution in [0.4, 0.5) is 5.82 Å². The van der Waals surface area contributed by atoms with Gasteiger partial charge in [-0.25, -0.2) is 8.42 Å². The topological polar surface area (TPSA) is 77.4 Å². The zero-order valence-corrected chi connectivity index (χ0v) is 15.8. The van der Waals surface area contributed by atoms with E-state index in [1.807, 2.05) is 6.92 Å². The number of aromatic nitrogens is 1. The quantitative estimate of drug-likeness (QED) is 0.819. The molecule has 0 unspecified atom stereocenters. The zero-order valence-electron chi connectivity index (χ0n) is 15.0. The highest BCUT2D eigenvalue weighted by Gasteiger charge is 2.30. The molecule has 25 heavy (non-hydrogen) atoms. The van der Waals surface area contributed by atoms with Crippen LogP contribution >= 0.6 is 0 Å². The average Bonchev–Trinajstić information content (AvgIpc) is 2.84. The van der Waals surface area contributed by atoms with Crippen LogP contribution in [-0.2, 0) is 25.9 Å². The van der Waals surface area contributed by atoms with Gasteiger partial charge in [0.25, 0.3) is 0 Å². The average molecular weight is 364 g/mol. The van der Waals surface area contributed by atoms with E-state index in [2.05, 4.69) is 5.32 Å². The van der Waals surface area contributed by atoms with E-state index in [0.29, 0.717) is 24.5 Å². The molecule has 7 heteroatoms. The minimum absolute atomic E-state index is 0.147. The van der Waals surface area contributed by atoms with E-state index in [4.69, 9.17) is 4.74 Å². The maximum absolute atomic E-state index is 13.2. The van der Waals surface area contributed by atoms with Crippen molar-refractivity contribution in [1.82, 2.24) is 4.57 Å². The van der Waals surface area contributed by atoms with Crippen molar-refractivity contribution in [3.8, 4) is 0 Å². The Morgan fingerprint density at radius 1 is 1.20 bits per heavy atom. The summed E-state index contributed by atoms with van der Waals surface area (Å²) in [6, 6.07) is 8.24. The molecule has 6 nitrogen and oxygen atoms in total. The van der Waals surface area contributed by atoms with Crippen molar-refractivity contribution in [2.75, 3.05) is 19.0 Å². The lowest BCUT2D eigenvalue weighted by Crippen LogP contribution is -2.18. The monoisotopic (exact) mass is 364 g/mol. The molecule has 0 bridgehead atoms. The first-order chi connectivity index (χ1) is 11.8. The molecule has 1 amide bonds. The van der Waals surface area contributed by atoms with Crippen LogP contribution in [0, 0.1) is 13.8 Å². The third-order valence-corrected chi connectivity index (χ3v) is 6.12. The van der Waals surface area contributed by atoms with Gasteiger partial charge in [-0.3, -0.25) is 4.79 Å². The molecule has 1 aromatic carbocycles. The summed E-state index contributed by atoms with van der Waals surface area (Å²) < 4.78 is 33.3. The molecule has 0 radical (unpaired) electrons. The lowest BCUT2D eigenvalue weighted by atomic mass is 10.3. The minimum Gasteiger partial charge on any atom is -0.383 e. The molecule has 0 spiro atoms. The van der Waals surface area contributed by atoms with Crippen molar-refractivity contribution in [1.29, 1.82) is 0 Å². The smallest absolute Gasteiger partial charge is 0.225 e. The van der Waals surface area contributed by atoms with Crippen molar-refractivity contribution < 1.29 is 17.9 Å². The number of carbonyl (C=O) groups excluding carboxylic acids is 1. The van der Waals surface area contributed by atoms with Crippen LogP contribution in [0.15, 0.2) is 40.1 Å². The number of hydrogen-bond donors (Lipinski definition) is 1. The van der Waals surface area contributed by atoms with Gasteiger partial charge in [-0.15, -0.1) is 0 Å². The second-order valence-electron chi connectivity index (χ2n) is 5.75. The molecule has 0 aliphatic heterocycles. The van der Waals surface area contributed by atoms with Crippen molar-refractivity contribution in [3.63, 3.8) is 0 Å². The summed E-state index contributed by atoms with van der Waals surface area (Å²) in [7, 11) is -2.18. The van der Waals surface area contributed by atoms with E-state index in [0.717, 1.165) is 5.69 Å². The van der Waals surface area contributed by atoms with Gasteiger partial charge >= 0.3 is 0 Å². The summed E-state index contributed by atoms with van der Waals surface area (Å²) >= 11 is 0. The largest absolute Gasteiger partial charge is 0.383 e. The van der Waals surface area contributed by atoms with E-state index >= 15 is 0 Å². The standard InChI is InChI=1S/C18H24N2O4S/c1-5-16(21)19-18-17(13(2)14(3)20(18)11-12-24-4)25(22,23)15-9-7-6-8-10-15/h6-10H,5,11-12H2,1-4H3,(H,19,21). The number of ether oxygens (including phenoxy) is 1. The second-order valence-corrected chi connectivity index (χ2v) is 7.64. The molecular weight excluding hydrogens is 340 g/mol. The maximum atomic E-state index is 13.2. The highest BCUT2D eigenvalue weighted by atomic mass is 32.2. The van der Waals surface area contributed by atoms with Gasteiger partial charge in [0, 0.05) is 25.8 Å². The molecule has 0 fully saturated rings. The van der Waals surface area contributed by atoms with E-state index in [1.54, 1.807) is 55.9 Å². The fraction of sp³-hybridized carbons (Fsp3) is 0.389. The first kappa shape index (κ1) is 19.2. The predicted octanol–water partition coefficient (Wildman–Crippen LogP) is 2.93. The summed E-state index contributed by atoms with van der Waals surface area (Å²) in [4.78, 5) is 12.3. The molecule has 1 heterocycles. The Morgan fingerprint density at radius 2 is 1.84 bits per heavy atom. The number of hydrogen-bond acceptors (Lipinski definition) is 4. The van der Waals surface area contributed by atoms with Crippen LogP contribution in [0.25, 0.3) is 0 Å². The Kier molecular flexibility index (Phi) is 6.02. The van der Waals surface area contributed by atoms with Crippen LogP contribution in [-0.4, -0.2) is 32.6 Å².